The summed E-state index contributed by atoms with van der Waals surface area (Å²) in [5.41, 5.74) is -0.765. The van der Waals surface area contributed by atoms with E-state index in [1.54, 1.807) is 36.0 Å². The molecule has 2 heterocycles. The molecule has 1 saturated carbocycles. The molecule has 3 rings (SSSR count). The molecule has 2 aliphatic rings. The average molecular weight is 391 g/mol. The molecule has 7 heteroatoms. The molecule has 0 spiro atoms. The smallest absolute Gasteiger partial charge is 0.255 e. The summed E-state index contributed by atoms with van der Waals surface area (Å²) in [6.45, 7) is 8.80. The van der Waals surface area contributed by atoms with E-state index in [0.717, 1.165) is 12.2 Å². The van der Waals surface area contributed by atoms with Crippen LogP contribution in [-0.4, -0.2) is 64.0 Å². The second-order valence-corrected chi connectivity index (χ2v) is 9.47. The number of nitrogens with one attached hydrogen (secondary N) is 1. The van der Waals surface area contributed by atoms with E-state index in [1.165, 1.54) is 0 Å². The average Bonchev–Trinajstić information content (AvgIpc) is 3.07. The van der Waals surface area contributed by atoms with Gasteiger partial charge in [0.05, 0.1) is 11.6 Å². The highest BCUT2D eigenvalue weighted by Gasteiger charge is 2.46. The summed E-state index contributed by atoms with van der Waals surface area (Å²) in [7, 11) is 1.77. The van der Waals surface area contributed by atoms with Gasteiger partial charge < -0.3 is 15.1 Å². The highest BCUT2D eigenvalue weighted by atomic mass is 19.1. The van der Waals surface area contributed by atoms with Crippen LogP contribution in [0, 0.1) is 5.92 Å². The highest BCUT2D eigenvalue weighted by Crippen LogP contribution is 2.41. The van der Waals surface area contributed by atoms with Crippen molar-refractivity contribution in [2.24, 2.45) is 5.92 Å². The summed E-state index contributed by atoms with van der Waals surface area (Å²) < 4.78 is 13.7. The molecule has 1 aromatic heterocycles. The van der Waals surface area contributed by atoms with Crippen molar-refractivity contribution in [2.75, 3.05) is 25.5 Å². The van der Waals surface area contributed by atoms with Gasteiger partial charge in [0.2, 0.25) is 5.91 Å². The number of aromatic nitrogens is 1. The number of hydrogen-bond acceptors (Lipinski definition) is 4. The van der Waals surface area contributed by atoms with Gasteiger partial charge in [-0.05, 0) is 59.1 Å². The number of alkyl halides is 1. The topological polar surface area (TPSA) is 65.5 Å². The number of rotatable bonds is 4. The van der Waals surface area contributed by atoms with Crippen LogP contribution in [0.2, 0.25) is 0 Å². The fourth-order valence-corrected chi connectivity index (χ4v) is 4.01. The van der Waals surface area contributed by atoms with Gasteiger partial charge >= 0.3 is 0 Å². The number of amides is 2. The predicted octanol–water partition coefficient (Wildman–Crippen LogP) is 3.10. The molecule has 2 amide bonds. The van der Waals surface area contributed by atoms with Gasteiger partial charge in [-0.3, -0.25) is 9.59 Å². The van der Waals surface area contributed by atoms with Gasteiger partial charge in [-0.1, -0.05) is 0 Å². The Morgan fingerprint density at radius 2 is 2.00 bits per heavy atom. The van der Waals surface area contributed by atoms with Crippen molar-refractivity contribution in [1.29, 1.82) is 0 Å². The zero-order chi connectivity index (χ0) is 20.7. The maximum absolute atomic E-state index is 13.7. The molecular formula is C21H31FN4O2. The maximum atomic E-state index is 13.7. The zero-order valence-electron chi connectivity index (χ0n) is 17.5. The largest absolute Gasteiger partial charge is 0.365 e. The lowest BCUT2D eigenvalue weighted by atomic mass is 9.73. The van der Waals surface area contributed by atoms with Gasteiger partial charge in [0.1, 0.15) is 11.5 Å². The van der Waals surface area contributed by atoms with Crippen LogP contribution in [0.25, 0.3) is 0 Å². The number of pyridine rings is 1. The molecule has 0 radical (unpaired) electrons. The maximum Gasteiger partial charge on any atom is 0.255 e. The van der Waals surface area contributed by atoms with E-state index in [1.807, 2.05) is 26.8 Å². The minimum atomic E-state index is -1.21. The molecular weight excluding hydrogens is 359 g/mol. The van der Waals surface area contributed by atoms with Crippen molar-refractivity contribution in [2.45, 2.75) is 64.2 Å². The van der Waals surface area contributed by atoms with Crippen LogP contribution in [0.1, 0.15) is 57.3 Å². The normalized spacial score (nSPS) is 27.3. The lowest BCUT2D eigenvalue weighted by molar-refractivity contribution is -0.144. The quantitative estimate of drug-likeness (QED) is 0.858. The van der Waals surface area contributed by atoms with E-state index in [0.29, 0.717) is 31.5 Å². The van der Waals surface area contributed by atoms with E-state index in [-0.39, 0.29) is 29.3 Å². The fourth-order valence-electron chi connectivity index (χ4n) is 4.01. The van der Waals surface area contributed by atoms with E-state index in [2.05, 4.69) is 10.3 Å². The van der Waals surface area contributed by atoms with Crippen molar-refractivity contribution in [3.63, 3.8) is 0 Å². The third-order valence-corrected chi connectivity index (χ3v) is 5.55. The molecule has 0 unspecified atom stereocenters. The summed E-state index contributed by atoms with van der Waals surface area (Å²) in [6, 6.07) is 3.58. The number of carbonyl (C=O) groups excluding carboxylic acids is 2. The van der Waals surface area contributed by atoms with Crippen LogP contribution in [0.15, 0.2) is 18.3 Å². The number of hydrogen-bond donors (Lipinski definition) is 1. The lowest BCUT2D eigenvalue weighted by Gasteiger charge is -2.40. The SMILES string of the molecule is CN(C(=O)C1CC(C)(F)C1)[C@H]1CCN(C(=O)c2ccc(NC(C)(C)C)nc2)C1. The standard InChI is InChI=1S/C21H31FN4O2/c1-20(2,3)24-17-7-6-14(12-23-17)19(28)26-9-8-16(13-26)25(5)18(27)15-10-21(4,22)11-15/h6-7,12,15-16H,8-11,13H2,1-5H3,(H,23,24)/t15?,16-,21?/m0/s1. The van der Waals surface area contributed by atoms with Gasteiger partial charge in [-0.2, -0.15) is 0 Å². The Bertz CT molecular complexity index is 734. The molecule has 28 heavy (non-hydrogen) atoms. The Balaban J connectivity index is 1.56. The van der Waals surface area contributed by atoms with E-state index >= 15 is 0 Å². The summed E-state index contributed by atoms with van der Waals surface area (Å²) in [5.74, 6) is 0.428. The first kappa shape index (κ1) is 20.6. The third kappa shape index (κ3) is 4.62. The van der Waals surface area contributed by atoms with Crippen LogP contribution in [0.5, 0.6) is 0 Å². The number of halogens is 1. The second-order valence-electron chi connectivity index (χ2n) is 9.47. The van der Waals surface area contributed by atoms with Crippen LogP contribution in [0.3, 0.4) is 0 Å². The van der Waals surface area contributed by atoms with Gasteiger partial charge in [0.15, 0.2) is 0 Å². The van der Waals surface area contributed by atoms with Crippen molar-refractivity contribution in [1.82, 2.24) is 14.8 Å². The molecule has 1 atom stereocenters. The van der Waals surface area contributed by atoms with Crippen molar-refractivity contribution in [3.05, 3.63) is 23.9 Å². The van der Waals surface area contributed by atoms with Gasteiger partial charge in [0, 0.05) is 37.8 Å². The Labute approximate surface area is 166 Å². The molecule has 0 aromatic carbocycles. The Morgan fingerprint density at radius 1 is 1.32 bits per heavy atom. The minimum Gasteiger partial charge on any atom is -0.365 e. The summed E-state index contributed by atoms with van der Waals surface area (Å²) in [4.78, 5) is 33.1. The van der Waals surface area contributed by atoms with Crippen molar-refractivity contribution < 1.29 is 14.0 Å². The third-order valence-electron chi connectivity index (χ3n) is 5.55. The van der Waals surface area contributed by atoms with Crippen molar-refractivity contribution >= 4 is 17.6 Å². The lowest BCUT2D eigenvalue weighted by Crippen LogP contribution is -2.49. The number of likely N-dealkylation sites (tertiary alicyclic amines) is 1. The van der Waals surface area contributed by atoms with Gasteiger partial charge in [-0.15, -0.1) is 0 Å². The first-order valence-corrected chi connectivity index (χ1v) is 9.94. The number of likely N-dealkylation sites (N-methyl/N-ethyl adjacent to an activating group) is 1. The first-order valence-electron chi connectivity index (χ1n) is 9.94. The Morgan fingerprint density at radius 3 is 2.54 bits per heavy atom. The van der Waals surface area contributed by atoms with Crippen LogP contribution >= 0.6 is 0 Å². The van der Waals surface area contributed by atoms with E-state index in [9.17, 15) is 14.0 Å². The number of carbonyl (C=O) groups is 2. The summed E-state index contributed by atoms with van der Waals surface area (Å²) in [6.07, 6.45) is 2.93. The van der Waals surface area contributed by atoms with E-state index < -0.39 is 5.67 Å². The summed E-state index contributed by atoms with van der Waals surface area (Å²) in [5, 5.41) is 3.27. The number of nitrogens with zero attached hydrogens (tertiary/aromatic N) is 3. The molecule has 154 valence electrons. The molecule has 2 fully saturated rings. The first-order chi connectivity index (χ1) is 13.0. The Hall–Kier alpha value is -2.18. The van der Waals surface area contributed by atoms with Gasteiger partial charge in [0.25, 0.3) is 5.91 Å². The Kier molecular flexibility index (Phi) is 5.38. The molecule has 1 aliphatic heterocycles. The zero-order valence-corrected chi connectivity index (χ0v) is 17.5. The molecule has 6 nitrogen and oxygen atoms in total. The van der Waals surface area contributed by atoms with E-state index in [4.69, 9.17) is 0 Å². The molecule has 1 aliphatic carbocycles. The molecule has 1 N–H and O–H groups in total. The molecule has 1 aromatic rings. The van der Waals surface area contributed by atoms with Gasteiger partial charge in [-0.25, -0.2) is 9.37 Å². The second kappa shape index (κ2) is 7.33. The fraction of sp³-hybridized carbons (Fsp3) is 0.667. The highest BCUT2D eigenvalue weighted by molar-refractivity contribution is 5.94. The monoisotopic (exact) mass is 390 g/mol. The van der Waals surface area contributed by atoms with Crippen molar-refractivity contribution in [3.8, 4) is 0 Å². The van der Waals surface area contributed by atoms with Crippen LogP contribution in [0.4, 0.5) is 10.2 Å². The van der Waals surface area contributed by atoms with Crippen LogP contribution < -0.4 is 5.32 Å². The molecule has 0 bridgehead atoms. The minimum absolute atomic E-state index is 0.00583. The predicted molar refractivity (Wildman–Crippen MR) is 107 cm³/mol. The molecule has 1 saturated heterocycles. The number of anilines is 1. The summed E-state index contributed by atoms with van der Waals surface area (Å²) >= 11 is 0. The van der Waals surface area contributed by atoms with Crippen LogP contribution in [-0.2, 0) is 4.79 Å².